The molecule has 0 aliphatic heterocycles. The number of esters is 1. The van der Waals surface area contributed by atoms with Crippen LogP contribution in [0.15, 0.2) is 24.3 Å². The third kappa shape index (κ3) is 4.39. The Morgan fingerprint density at radius 2 is 2.26 bits per heavy atom. The molecule has 1 aromatic carbocycles. The van der Waals surface area contributed by atoms with Crippen molar-refractivity contribution in [1.82, 2.24) is 0 Å². The Morgan fingerprint density at radius 3 is 2.95 bits per heavy atom. The van der Waals surface area contributed by atoms with Crippen molar-refractivity contribution in [2.24, 2.45) is 5.92 Å². The lowest BCUT2D eigenvalue weighted by molar-refractivity contribution is -0.139. The number of halogens is 1. The molecule has 0 spiro atoms. The zero-order valence-corrected chi connectivity index (χ0v) is 10.9. The van der Waals surface area contributed by atoms with Gasteiger partial charge in [-0.25, -0.2) is 4.39 Å². The second-order valence-electron chi connectivity index (χ2n) is 4.62. The predicted molar refractivity (Wildman–Crippen MR) is 70.3 cm³/mol. The van der Waals surface area contributed by atoms with Crippen molar-refractivity contribution in [1.29, 1.82) is 0 Å². The van der Waals surface area contributed by atoms with Gasteiger partial charge < -0.3 is 9.47 Å². The Balaban J connectivity index is 2.02. The van der Waals surface area contributed by atoms with Gasteiger partial charge in [0.25, 0.3) is 0 Å². The number of hydrogen-bond donors (Lipinski definition) is 0. The zero-order chi connectivity index (χ0) is 13.7. The van der Waals surface area contributed by atoms with Crippen LogP contribution in [0.1, 0.15) is 24.8 Å². The summed E-state index contributed by atoms with van der Waals surface area (Å²) < 4.78 is 23.4. The summed E-state index contributed by atoms with van der Waals surface area (Å²) in [5.41, 5.74) is 0.643. The average Bonchev–Trinajstić information content (AvgIpc) is 3.21. The van der Waals surface area contributed by atoms with Crippen molar-refractivity contribution in [3.05, 3.63) is 35.7 Å². The molecule has 0 aromatic heterocycles. The van der Waals surface area contributed by atoms with E-state index in [0.29, 0.717) is 23.8 Å². The van der Waals surface area contributed by atoms with Crippen molar-refractivity contribution in [2.45, 2.75) is 19.3 Å². The molecule has 1 aromatic rings. The van der Waals surface area contributed by atoms with Crippen LogP contribution in [0, 0.1) is 11.7 Å². The quantitative estimate of drug-likeness (QED) is 0.740. The van der Waals surface area contributed by atoms with Crippen LogP contribution in [0.2, 0.25) is 0 Å². The molecule has 3 nitrogen and oxygen atoms in total. The molecule has 1 aliphatic carbocycles. The van der Waals surface area contributed by atoms with Crippen LogP contribution >= 0.6 is 0 Å². The van der Waals surface area contributed by atoms with Gasteiger partial charge in [0.2, 0.25) is 0 Å². The third-order valence-electron chi connectivity index (χ3n) is 2.95. The largest absolute Gasteiger partial charge is 0.493 e. The van der Waals surface area contributed by atoms with E-state index in [0.717, 1.165) is 0 Å². The lowest BCUT2D eigenvalue weighted by Crippen LogP contribution is -2.01. The van der Waals surface area contributed by atoms with Gasteiger partial charge in [-0.1, -0.05) is 12.2 Å². The zero-order valence-electron chi connectivity index (χ0n) is 10.9. The highest BCUT2D eigenvalue weighted by molar-refractivity contribution is 5.73. The molecule has 19 heavy (non-hydrogen) atoms. The monoisotopic (exact) mass is 264 g/mol. The maximum absolute atomic E-state index is 13.2. The molecular formula is C15H17FO3. The van der Waals surface area contributed by atoms with E-state index >= 15 is 0 Å². The van der Waals surface area contributed by atoms with E-state index in [1.807, 2.05) is 0 Å². The minimum absolute atomic E-state index is 0.162. The number of carbonyl (C=O) groups excluding carboxylic acids is 1. The Labute approximate surface area is 112 Å². The molecule has 0 bridgehead atoms. The normalized spacial score (nSPS) is 14.6. The van der Waals surface area contributed by atoms with Crippen LogP contribution in [-0.2, 0) is 9.53 Å². The summed E-state index contributed by atoms with van der Waals surface area (Å²) in [6.45, 7) is 0.670. The molecule has 0 unspecified atom stereocenters. The van der Waals surface area contributed by atoms with Crippen LogP contribution in [0.5, 0.6) is 5.75 Å². The Hall–Kier alpha value is -1.84. The molecule has 1 saturated carbocycles. The molecule has 1 fully saturated rings. The van der Waals surface area contributed by atoms with Crippen LogP contribution in [-0.4, -0.2) is 19.7 Å². The van der Waals surface area contributed by atoms with Gasteiger partial charge in [-0.05, 0) is 37.0 Å². The van der Waals surface area contributed by atoms with Gasteiger partial charge in [0.1, 0.15) is 11.6 Å². The SMILES string of the molecule is COC(=O)CC=Cc1cc(F)ccc1OCC1CC1. The molecule has 102 valence electrons. The van der Waals surface area contributed by atoms with Gasteiger partial charge in [0.15, 0.2) is 0 Å². The second kappa shape index (κ2) is 6.36. The number of rotatable bonds is 6. The predicted octanol–water partition coefficient (Wildman–Crippen LogP) is 3.19. The van der Waals surface area contributed by atoms with E-state index in [2.05, 4.69) is 4.74 Å². The van der Waals surface area contributed by atoms with E-state index in [4.69, 9.17) is 4.74 Å². The molecule has 0 N–H and O–H groups in total. The van der Waals surface area contributed by atoms with Crippen LogP contribution < -0.4 is 4.74 Å². The minimum atomic E-state index is -0.326. The van der Waals surface area contributed by atoms with E-state index in [1.165, 1.54) is 32.1 Å². The lowest BCUT2D eigenvalue weighted by Gasteiger charge is -2.08. The van der Waals surface area contributed by atoms with Crippen LogP contribution in [0.3, 0.4) is 0 Å². The number of ether oxygens (including phenoxy) is 2. The first-order valence-electron chi connectivity index (χ1n) is 6.34. The number of carbonyl (C=O) groups is 1. The van der Waals surface area contributed by atoms with Crippen molar-refractivity contribution >= 4 is 12.0 Å². The van der Waals surface area contributed by atoms with E-state index in [9.17, 15) is 9.18 Å². The molecular weight excluding hydrogens is 247 g/mol. The molecule has 0 saturated heterocycles. The second-order valence-corrected chi connectivity index (χ2v) is 4.62. The molecule has 0 amide bonds. The van der Waals surface area contributed by atoms with E-state index < -0.39 is 0 Å². The van der Waals surface area contributed by atoms with Gasteiger partial charge in [0, 0.05) is 5.56 Å². The number of hydrogen-bond acceptors (Lipinski definition) is 3. The number of methoxy groups -OCH3 is 1. The van der Waals surface area contributed by atoms with Gasteiger partial charge in [-0.15, -0.1) is 0 Å². The van der Waals surface area contributed by atoms with Crippen LogP contribution in [0.25, 0.3) is 6.08 Å². The first kappa shape index (κ1) is 13.6. The molecule has 1 aliphatic rings. The lowest BCUT2D eigenvalue weighted by atomic mass is 10.1. The van der Waals surface area contributed by atoms with Gasteiger partial charge in [-0.2, -0.15) is 0 Å². The summed E-state index contributed by atoms with van der Waals surface area (Å²) in [6, 6.07) is 4.39. The standard InChI is InChI=1S/C15H17FO3/c1-18-15(17)4-2-3-12-9-13(16)7-8-14(12)19-10-11-5-6-11/h2-3,7-9,11H,4-6,10H2,1H3. The highest BCUT2D eigenvalue weighted by atomic mass is 19.1. The summed E-state index contributed by atoms with van der Waals surface area (Å²) in [6.07, 6.45) is 5.89. The summed E-state index contributed by atoms with van der Waals surface area (Å²) in [7, 11) is 1.34. The van der Waals surface area contributed by atoms with Crippen molar-refractivity contribution in [3.63, 3.8) is 0 Å². The maximum Gasteiger partial charge on any atom is 0.309 e. The Bertz CT molecular complexity index is 478. The van der Waals surface area contributed by atoms with E-state index in [1.54, 1.807) is 18.2 Å². The summed E-state index contributed by atoms with van der Waals surface area (Å²) in [5.74, 6) is 0.635. The van der Waals surface area contributed by atoms with Gasteiger partial charge in [0.05, 0.1) is 20.1 Å². The minimum Gasteiger partial charge on any atom is -0.493 e. The van der Waals surface area contributed by atoms with Gasteiger partial charge in [-0.3, -0.25) is 4.79 Å². The van der Waals surface area contributed by atoms with Crippen molar-refractivity contribution in [2.75, 3.05) is 13.7 Å². The van der Waals surface area contributed by atoms with Gasteiger partial charge >= 0.3 is 5.97 Å². The molecule has 4 heteroatoms. The fraction of sp³-hybridized carbons (Fsp3) is 0.400. The average molecular weight is 264 g/mol. The third-order valence-corrected chi connectivity index (χ3v) is 2.95. The first-order chi connectivity index (χ1) is 9.19. The summed E-state index contributed by atoms with van der Waals surface area (Å²) >= 11 is 0. The van der Waals surface area contributed by atoms with E-state index in [-0.39, 0.29) is 18.2 Å². The first-order valence-corrected chi connectivity index (χ1v) is 6.34. The fourth-order valence-electron chi connectivity index (χ4n) is 1.64. The van der Waals surface area contributed by atoms with Crippen molar-refractivity contribution < 1.29 is 18.7 Å². The highest BCUT2D eigenvalue weighted by Crippen LogP contribution is 2.30. The fourth-order valence-corrected chi connectivity index (χ4v) is 1.64. The molecule has 0 atom stereocenters. The summed E-state index contributed by atoms with van der Waals surface area (Å²) in [5, 5.41) is 0. The molecule has 0 radical (unpaired) electrons. The van der Waals surface area contributed by atoms with Crippen molar-refractivity contribution in [3.8, 4) is 5.75 Å². The Morgan fingerprint density at radius 1 is 1.47 bits per heavy atom. The van der Waals surface area contributed by atoms with Crippen LogP contribution in [0.4, 0.5) is 4.39 Å². The summed E-state index contributed by atoms with van der Waals surface area (Å²) in [4.78, 5) is 11.0. The highest BCUT2D eigenvalue weighted by Gasteiger charge is 2.22. The smallest absolute Gasteiger partial charge is 0.309 e. The Kier molecular flexibility index (Phi) is 4.55. The maximum atomic E-state index is 13.2. The molecule has 0 heterocycles. The molecule has 2 rings (SSSR count). The topological polar surface area (TPSA) is 35.5 Å². The number of benzene rings is 1.